The van der Waals surface area contributed by atoms with Crippen molar-refractivity contribution >= 4 is 32.9 Å². The average molecular weight is 340 g/mol. The molecule has 2 N–H and O–H groups in total. The van der Waals surface area contributed by atoms with Crippen molar-refractivity contribution in [3.8, 4) is 0 Å². The van der Waals surface area contributed by atoms with Gasteiger partial charge < -0.3 is 10.3 Å². The molecule has 1 saturated carbocycles. The highest BCUT2D eigenvalue weighted by Gasteiger charge is 2.30. The number of imidazole rings is 1. The van der Waals surface area contributed by atoms with Gasteiger partial charge in [0.05, 0.1) is 15.5 Å². The fraction of sp³-hybridized carbons (Fsp3) is 0.533. The fourth-order valence-electron chi connectivity index (χ4n) is 3.38. The first-order valence-electron chi connectivity index (χ1n) is 7.11. The van der Waals surface area contributed by atoms with Crippen LogP contribution in [0.2, 0.25) is 0 Å². The van der Waals surface area contributed by atoms with E-state index in [0.29, 0.717) is 33.8 Å². The van der Waals surface area contributed by atoms with Gasteiger partial charge in [0.2, 0.25) is 5.95 Å². The number of benzene rings is 1. The minimum Gasteiger partial charge on any atom is -0.369 e. The van der Waals surface area contributed by atoms with E-state index in [1.165, 1.54) is 18.9 Å². The number of aromatic nitrogens is 2. The van der Waals surface area contributed by atoms with Crippen LogP contribution in [0.3, 0.4) is 0 Å². The number of nitrogens with two attached hydrogens (primary N) is 1. The molecule has 1 aliphatic carbocycles. The van der Waals surface area contributed by atoms with Crippen molar-refractivity contribution in [1.29, 1.82) is 0 Å². The van der Waals surface area contributed by atoms with Gasteiger partial charge >= 0.3 is 0 Å². The highest BCUT2D eigenvalue weighted by molar-refractivity contribution is 9.10. The summed E-state index contributed by atoms with van der Waals surface area (Å²) in [5.41, 5.74) is 7.66. The molecule has 1 heterocycles. The van der Waals surface area contributed by atoms with Crippen LogP contribution >= 0.6 is 15.9 Å². The second-order valence-electron chi connectivity index (χ2n) is 5.93. The SMILES string of the molecule is CC1CCCC(n2c(N)nc3cc(F)c(Br)cc32)C1C. The van der Waals surface area contributed by atoms with Crippen molar-refractivity contribution in [2.75, 3.05) is 5.73 Å². The van der Waals surface area contributed by atoms with Crippen LogP contribution in [0.1, 0.15) is 39.2 Å². The summed E-state index contributed by atoms with van der Waals surface area (Å²) >= 11 is 3.25. The van der Waals surface area contributed by atoms with Crippen LogP contribution in [0.25, 0.3) is 11.0 Å². The molecule has 1 aromatic heterocycles. The lowest BCUT2D eigenvalue weighted by Gasteiger charge is -2.35. The van der Waals surface area contributed by atoms with Gasteiger partial charge in [-0.05, 0) is 40.3 Å². The second kappa shape index (κ2) is 5.02. The van der Waals surface area contributed by atoms with Crippen molar-refractivity contribution < 1.29 is 4.39 Å². The van der Waals surface area contributed by atoms with E-state index >= 15 is 0 Å². The Morgan fingerprint density at radius 3 is 2.85 bits per heavy atom. The third-order valence-electron chi connectivity index (χ3n) is 4.75. The molecule has 0 aliphatic heterocycles. The molecule has 3 rings (SSSR count). The van der Waals surface area contributed by atoms with Crippen LogP contribution in [0.4, 0.5) is 10.3 Å². The Hall–Kier alpha value is -1.10. The quantitative estimate of drug-likeness (QED) is 0.830. The van der Waals surface area contributed by atoms with E-state index in [-0.39, 0.29) is 5.82 Å². The summed E-state index contributed by atoms with van der Waals surface area (Å²) in [5, 5.41) is 0. The lowest BCUT2D eigenvalue weighted by molar-refractivity contribution is 0.191. The van der Waals surface area contributed by atoms with Crippen molar-refractivity contribution in [1.82, 2.24) is 9.55 Å². The molecule has 0 amide bonds. The van der Waals surface area contributed by atoms with Gasteiger partial charge in [0, 0.05) is 12.1 Å². The van der Waals surface area contributed by atoms with Crippen LogP contribution in [0.5, 0.6) is 0 Å². The van der Waals surface area contributed by atoms with Crippen LogP contribution in [-0.2, 0) is 0 Å². The predicted molar refractivity (Wildman–Crippen MR) is 83.0 cm³/mol. The molecule has 1 aromatic carbocycles. The third kappa shape index (κ3) is 2.12. The molecule has 3 unspecified atom stereocenters. The maximum atomic E-state index is 13.6. The minimum atomic E-state index is -0.299. The van der Waals surface area contributed by atoms with Crippen molar-refractivity contribution in [2.24, 2.45) is 11.8 Å². The summed E-state index contributed by atoms with van der Waals surface area (Å²) in [6.45, 7) is 4.57. The molecule has 3 atom stereocenters. The zero-order chi connectivity index (χ0) is 14.4. The van der Waals surface area contributed by atoms with Gasteiger partial charge in [0.1, 0.15) is 5.82 Å². The lowest BCUT2D eigenvalue weighted by Crippen LogP contribution is -2.27. The van der Waals surface area contributed by atoms with E-state index < -0.39 is 0 Å². The van der Waals surface area contributed by atoms with Gasteiger partial charge in [-0.15, -0.1) is 0 Å². The number of fused-ring (bicyclic) bond motifs is 1. The molecular formula is C15H19BrFN3. The second-order valence-corrected chi connectivity index (χ2v) is 6.78. The Morgan fingerprint density at radius 2 is 2.10 bits per heavy atom. The summed E-state index contributed by atoms with van der Waals surface area (Å²) in [5.74, 6) is 1.41. The Labute approximate surface area is 126 Å². The first-order valence-corrected chi connectivity index (χ1v) is 7.90. The molecule has 1 aliphatic rings. The van der Waals surface area contributed by atoms with Gasteiger partial charge in [-0.3, -0.25) is 0 Å². The Bertz CT molecular complexity index is 652. The van der Waals surface area contributed by atoms with Crippen molar-refractivity contribution in [3.05, 3.63) is 22.4 Å². The number of anilines is 1. The molecule has 1 fully saturated rings. The first-order chi connectivity index (χ1) is 9.49. The third-order valence-corrected chi connectivity index (χ3v) is 5.36. The van der Waals surface area contributed by atoms with E-state index in [4.69, 9.17) is 5.73 Å². The number of nitrogens with zero attached hydrogens (tertiary/aromatic N) is 2. The Balaban J connectivity index is 2.15. The lowest BCUT2D eigenvalue weighted by atomic mass is 9.78. The van der Waals surface area contributed by atoms with E-state index in [1.807, 2.05) is 0 Å². The minimum absolute atomic E-state index is 0.299. The van der Waals surface area contributed by atoms with E-state index in [1.54, 1.807) is 6.07 Å². The van der Waals surface area contributed by atoms with Gasteiger partial charge in [0.15, 0.2) is 0 Å². The molecule has 5 heteroatoms. The molecule has 3 nitrogen and oxygen atoms in total. The molecule has 0 saturated heterocycles. The molecule has 108 valence electrons. The zero-order valence-corrected chi connectivity index (χ0v) is 13.3. The van der Waals surface area contributed by atoms with Gasteiger partial charge in [-0.2, -0.15) is 0 Å². The highest BCUT2D eigenvalue weighted by atomic mass is 79.9. The normalized spacial score (nSPS) is 27.1. The molecular weight excluding hydrogens is 321 g/mol. The fourth-order valence-corrected chi connectivity index (χ4v) is 3.71. The van der Waals surface area contributed by atoms with Crippen molar-refractivity contribution in [2.45, 2.75) is 39.2 Å². The Kier molecular flexibility index (Phi) is 3.48. The number of hydrogen-bond acceptors (Lipinski definition) is 2. The van der Waals surface area contributed by atoms with Crippen LogP contribution in [0.15, 0.2) is 16.6 Å². The van der Waals surface area contributed by atoms with Crippen LogP contribution in [0, 0.1) is 17.7 Å². The molecule has 0 radical (unpaired) electrons. The maximum Gasteiger partial charge on any atom is 0.201 e. The summed E-state index contributed by atoms with van der Waals surface area (Å²) in [6.07, 6.45) is 3.58. The van der Waals surface area contributed by atoms with Gasteiger partial charge in [0.25, 0.3) is 0 Å². The maximum absolute atomic E-state index is 13.6. The number of rotatable bonds is 1. The molecule has 20 heavy (non-hydrogen) atoms. The van der Waals surface area contributed by atoms with Gasteiger partial charge in [-0.1, -0.05) is 26.7 Å². The van der Waals surface area contributed by atoms with E-state index in [2.05, 4.69) is 39.3 Å². The molecule has 0 spiro atoms. The zero-order valence-electron chi connectivity index (χ0n) is 11.7. The molecule has 2 aromatic rings. The average Bonchev–Trinajstić information content (AvgIpc) is 2.69. The standard InChI is InChI=1S/C15H19BrFN3/c1-8-4-3-5-13(9(8)2)20-14-6-10(16)11(17)7-12(14)19-15(20)18/h6-9,13H,3-5H2,1-2H3,(H2,18,19). The monoisotopic (exact) mass is 339 g/mol. The van der Waals surface area contributed by atoms with Crippen molar-refractivity contribution in [3.63, 3.8) is 0 Å². The Morgan fingerprint density at radius 1 is 1.35 bits per heavy atom. The number of nitrogen functional groups attached to an aromatic ring is 1. The summed E-state index contributed by atoms with van der Waals surface area (Å²) in [6, 6.07) is 3.59. The van der Waals surface area contributed by atoms with E-state index in [9.17, 15) is 4.39 Å². The highest BCUT2D eigenvalue weighted by Crippen LogP contribution is 2.41. The van der Waals surface area contributed by atoms with Crippen LogP contribution in [-0.4, -0.2) is 9.55 Å². The topological polar surface area (TPSA) is 43.8 Å². The number of halogens is 2. The van der Waals surface area contributed by atoms with E-state index in [0.717, 1.165) is 11.9 Å². The number of hydrogen-bond donors (Lipinski definition) is 1. The molecule has 0 bridgehead atoms. The van der Waals surface area contributed by atoms with Gasteiger partial charge in [-0.25, -0.2) is 9.37 Å². The first kappa shape index (κ1) is 13.9. The smallest absolute Gasteiger partial charge is 0.201 e. The largest absolute Gasteiger partial charge is 0.369 e. The summed E-state index contributed by atoms with van der Waals surface area (Å²) in [4.78, 5) is 4.33. The summed E-state index contributed by atoms with van der Waals surface area (Å²) in [7, 11) is 0. The van der Waals surface area contributed by atoms with Crippen LogP contribution < -0.4 is 5.73 Å². The predicted octanol–water partition coefficient (Wildman–Crippen LogP) is 4.52. The summed E-state index contributed by atoms with van der Waals surface area (Å²) < 4.78 is 16.2.